The van der Waals surface area contributed by atoms with Crippen LogP contribution in [0.1, 0.15) is 32.1 Å². The first-order valence-corrected chi connectivity index (χ1v) is 4.85. The third-order valence-corrected chi connectivity index (χ3v) is 4.13. The Morgan fingerprint density at radius 3 is 1.82 bits per heavy atom. The van der Waals surface area contributed by atoms with Gasteiger partial charge < -0.3 is 4.48 Å². The molecule has 2 saturated carbocycles. The molecule has 11 heavy (non-hydrogen) atoms. The molecule has 0 spiro atoms. The second-order valence-electron chi connectivity index (χ2n) is 5.38. The van der Waals surface area contributed by atoms with Crippen molar-refractivity contribution in [3.05, 3.63) is 0 Å². The molecule has 2 aliphatic rings. The van der Waals surface area contributed by atoms with Gasteiger partial charge in [-0.15, -0.1) is 0 Å². The normalized spacial score (nSPS) is 43.4. The van der Waals surface area contributed by atoms with E-state index in [0.717, 1.165) is 5.92 Å². The monoisotopic (exact) mass is 154 g/mol. The minimum absolute atomic E-state index is 0.685. The highest BCUT2D eigenvalue weighted by molar-refractivity contribution is 4.97. The zero-order valence-corrected chi connectivity index (χ0v) is 8.06. The van der Waals surface area contributed by atoms with Gasteiger partial charge in [0.2, 0.25) is 0 Å². The minimum atomic E-state index is 0.685. The number of nitrogens with zero attached hydrogens (tertiary/aromatic N) is 1. The van der Waals surface area contributed by atoms with Crippen molar-refractivity contribution in [2.24, 2.45) is 5.92 Å². The lowest BCUT2D eigenvalue weighted by Crippen LogP contribution is -2.54. The van der Waals surface area contributed by atoms with Gasteiger partial charge in [-0.2, -0.15) is 0 Å². The molecule has 1 heteroatoms. The number of fused-ring (bicyclic) bond motifs is 2. The second kappa shape index (κ2) is 2.01. The second-order valence-corrected chi connectivity index (χ2v) is 5.38. The van der Waals surface area contributed by atoms with E-state index in [4.69, 9.17) is 0 Å². The summed E-state index contributed by atoms with van der Waals surface area (Å²) in [7, 11) is 7.11. The van der Waals surface area contributed by atoms with Crippen LogP contribution in [0.3, 0.4) is 0 Å². The van der Waals surface area contributed by atoms with Gasteiger partial charge in [-0.25, -0.2) is 0 Å². The molecule has 2 bridgehead atoms. The summed E-state index contributed by atoms with van der Waals surface area (Å²) in [6, 6.07) is 0. The van der Waals surface area contributed by atoms with Gasteiger partial charge >= 0.3 is 0 Å². The molecule has 0 saturated heterocycles. The summed E-state index contributed by atoms with van der Waals surface area (Å²) in [6.45, 7) is 0. The van der Waals surface area contributed by atoms with Gasteiger partial charge in [-0.05, 0) is 18.8 Å². The van der Waals surface area contributed by atoms with Crippen LogP contribution in [0.5, 0.6) is 0 Å². The van der Waals surface area contributed by atoms with Crippen LogP contribution < -0.4 is 0 Å². The third-order valence-electron chi connectivity index (χ3n) is 4.13. The summed E-state index contributed by atoms with van der Waals surface area (Å²) in [6.07, 6.45) is 7.50. The summed E-state index contributed by atoms with van der Waals surface area (Å²) in [5.41, 5.74) is 0.685. The Bertz CT molecular complexity index is 158. The van der Waals surface area contributed by atoms with E-state index in [0.29, 0.717) is 5.54 Å². The highest BCUT2D eigenvalue weighted by atomic mass is 15.3. The van der Waals surface area contributed by atoms with E-state index in [9.17, 15) is 0 Å². The molecule has 0 radical (unpaired) electrons. The van der Waals surface area contributed by atoms with E-state index in [1.165, 1.54) is 36.6 Å². The van der Waals surface area contributed by atoms with E-state index >= 15 is 0 Å². The first-order chi connectivity index (χ1) is 5.04. The van der Waals surface area contributed by atoms with E-state index in [2.05, 4.69) is 21.1 Å². The van der Waals surface area contributed by atoms with Crippen LogP contribution in [0.15, 0.2) is 0 Å². The molecule has 2 rings (SSSR count). The van der Waals surface area contributed by atoms with Gasteiger partial charge in [0.15, 0.2) is 0 Å². The Morgan fingerprint density at radius 2 is 1.64 bits per heavy atom. The van der Waals surface area contributed by atoms with Crippen LogP contribution in [0.2, 0.25) is 0 Å². The smallest absolute Gasteiger partial charge is 0.0989 e. The maximum absolute atomic E-state index is 2.37. The molecular weight excluding hydrogens is 134 g/mol. The predicted molar refractivity (Wildman–Crippen MR) is 47.3 cm³/mol. The first-order valence-electron chi connectivity index (χ1n) is 4.85. The van der Waals surface area contributed by atoms with Crippen LogP contribution in [0, 0.1) is 5.92 Å². The largest absolute Gasteiger partial charge is 0.326 e. The van der Waals surface area contributed by atoms with Crippen molar-refractivity contribution in [3.8, 4) is 0 Å². The van der Waals surface area contributed by atoms with Crippen molar-refractivity contribution < 1.29 is 4.48 Å². The molecule has 0 amide bonds. The average molecular weight is 154 g/mol. The van der Waals surface area contributed by atoms with Gasteiger partial charge in [0.1, 0.15) is 0 Å². The van der Waals surface area contributed by atoms with Crippen molar-refractivity contribution >= 4 is 0 Å². The van der Waals surface area contributed by atoms with Gasteiger partial charge in [0.25, 0.3) is 0 Å². The Hall–Kier alpha value is -0.0400. The summed E-state index contributed by atoms with van der Waals surface area (Å²) < 4.78 is 1.20. The molecular formula is C10H20N+. The quantitative estimate of drug-likeness (QED) is 0.507. The highest BCUT2D eigenvalue weighted by Gasteiger charge is 2.53. The number of quaternary nitrogens is 1. The summed E-state index contributed by atoms with van der Waals surface area (Å²) >= 11 is 0. The van der Waals surface area contributed by atoms with Crippen LogP contribution >= 0.6 is 0 Å². The van der Waals surface area contributed by atoms with Gasteiger partial charge in [0.05, 0.1) is 26.7 Å². The van der Waals surface area contributed by atoms with Crippen molar-refractivity contribution in [1.82, 2.24) is 0 Å². The summed E-state index contributed by atoms with van der Waals surface area (Å²) in [5.74, 6) is 1.09. The highest BCUT2D eigenvalue weighted by Crippen LogP contribution is 2.52. The Morgan fingerprint density at radius 1 is 1.09 bits per heavy atom. The van der Waals surface area contributed by atoms with E-state index in [-0.39, 0.29) is 0 Å². The van der Waals surface area contributed by atoms with Gasteiger partial charge in [0, 0.05) is 19.3 Å². The molecule has 0 atom stereocenters. The molecule has 0 aromatic carbocycles. The number of rotatable bonds is 1. The fourth-order valence-corrected chi connectivity index (χ4v) is 3.11. The first kappa shape index (κ1) is 7.60. The van der Waals surface area contributed by atoms with Gasteiger partial charge in [-0.1, -0.05) is 0 Å². The van der Waals surface area contributed by atoms with Crippen molar-refractivity contribution in [2.75, 3.05) is 21.1 Å². The zero-order chi connectivity index (χ0) is 8.11. The van der Waals surface area contributed by atoms with Gasteiger partial charge in [-0.3, -0.25) is 0 Å². The zero-order valence-electron chi connectivity index (χ0n) is 8.06. The molecule has 1 nitrogen and oxygen atoms in total. The fourth-order valence-electron chi connectivity index (χ4n) is 3.11. The number of hydrogen-bond donors (Lipinski definition) is 0. The Labute approximate surface area is 70.0 Å². The number of hydrogen-bond acceptors (Lipinski definition) is 0. The molecule has 0 N–H and O–H groups in total. The predicted octanol–water partition coefficient (Wildman–Crippen LogP) is 2.03. The van der Waals surface area contributed by atoms with Crippen LogP contribution in [0.4, 0.5) is 0 Å². The standard InChI is InChI=1S/C10H20N/c1-11(2,3)10-6-4-9(8-10)5-7-10/h9H,4-8H2,1-3H3/q+1. The molecule has 64 valence electrons. The maximum Gasteiger partial charge on any atom is 0.0989 e. The molecule has 0 aliphatic heterocycles. The minimum Gasteiger partial charge on any atom is -0.326 e. The van der Waals surface area contributed by atoms with Crippen molar-refractivity contribution in [3.63, 3.8) is 0 Å². The summed E-state index contributed by atoms with van der Waals surface area (Å²) in [4.78, 5) is 0. The third kappa shape index (κ3) is 0.936. The van der Waals surface area contributed by atoms with Crippen LogP contribution in [0.25, 0.3) is 0 Å². The fraction of sp³-hybridized carbons (Fsp3) is 1.00. The molecule has 2 aliphatic carbocycles. The molecule has 0 aromatic rings. The lowest BCUT2D eigenvalue weighted by atomic mass is 9.91. The van der Waals surface area contributed by atoms with Crippen molar-refractivity contribution in [2.45, 2.75) is 37.6 Å². The Kier molecular flexibility index (Phi) is 1.39. The van der Waals surface area contributed by atoms with Crippen LogP contribution in [-0.4, -0.2) is 31.2 Å². The lowest BCUT2D eigenvalue weighted by molar-refractivity contribution is -0.922. The van der Waals surface area contributed by atoms with Crippen LogP contribution in [-0.2, 0) is 0 Å². The lowest BCUT2D eigenvalue weighted by Gasteiger charge is -2.42. The van der Waals surface area contributed by atoms with E-state index in [1.54, 1.807) is 0 Å². The topological polar surface area (TPSA) is 0 Å². The molecule has 0 heterocycles. The van der Waals surface area contributed by atoms with E-state index in [1.807, 2.05) is 0 Å². The van der Waals surface area contributed by atoms with E-state index < -0.39 is 0 Å². The molecule has 2 fully saturated rings. The average Bonchev–Trinajstić information content (AvgIpc) is 2.42. The molecule has 0 aromatic heterocycles. The summed E-state index contributed by atoms with van der Waals surface area (Å²) in [5, 5.41) is 0. The maximum atomic E-state index is 2.37. The Balaban J connectivity index is 2.23. The SMILES string of the molecule is C[N+](C)(C)C12CCC(CC1)C2. The molecule has 0 unspecified atom stereocenters. The van der Waals surface area contributed by atoms with Crippen molar-refractivity contribution in [1.29, 1.82) is 0 Å².